The van der Waals surface area contributed by atoms with Crippen LogP contribution in [0, 0.1) is 0 Å². The van der Waals surface area contributed by atoms with E-state index in [4.69, 9.17) is 0 Å². The van der Waals surface area contributed by atoms with Crippen LogP contribution in [-0.2, 0) is 0 Å². The monoisotopic (exact) mass is 144 g/mol. The topological polar surface area (TPSA) is 3.24 Å². The zero-order valence-electron chi connectivity index (χ0n) is 6.53. The van der Waals surface area contributed by atoms with Gasteiger partial charge in [0, 0.05) is 12.2 Å². The molecule has 2 rings (SSSR count). The van der Waals surface area contributed by atoms with Crippen molar-refractivity contribution in [3.8, 4) is 0 Å². The van der Waals surface area contributed by atoms with Crippen molar-refractivity contribution in [2.45, 2.75) is 12.7 Å². The highest BCUT2D eigenvalue weighted by molar-refractivity contribution is 6.42. The maximum absolute atomic E-state index is 2.32. The maximum Gasteiger partial charge on any atom is 0.246 e. The third kappa shape index (κ3) is 1.39. The molecule has 1 radical (unpaired) electrons. The van der Waals surface area contributed by atoms with Gasteiger partial charge in [0.2, 0.25) is 7.41 Å². The average Bonchev–Trinajstić information content (AvgIpc) is 2.58. The predicted octanol–water partition coefficient (Wildman–Crippen LogP) is 1.93. The van der Waals surface area contributed by atoms with Crippen LogP contribution in [0.5, 0.6) is 0 Å². The van der Waals surface area contributed by atoms with Crippen molar-refractivity contribution in [1.82, 2.24) is 0 Å². The molecule has 1 saturated heterocycles. The molecule has 0 aliphatic carbocycles. The Morgan fingerprint density at radius 3 is 2.64 bits per heavy atom. The summed E-state index contributed by atoms with van der Waals surface area (Å²) in [5.74, 6) is 0. The fraction of sp³-hybridized carbons (Fsp3) is 0.333. The minimum absolute atomic E-state index is 1.18. The molecular formula is C9H11BN. The molecule has 0 spiro atoms. The van der Waals surface area contributed by atoms with Gasteiger partial charge in [-0.1, -0.05) is 24.5 Å². The molecule has 0 saturated carbocycles. The number of anilines is 1. The number of hydrogen-bond donors (Lipinski definition) is 0. The Morgan fingerprint density at radius 1 is 1.18 bits per heavy atom. The van der Waals surface area contributed by atoms with E-state index in [0.717, 1.165) is 0 Å². The minimum Gasteiger partial charge on any atom is -0.419 e. The Hall–Kier alpha value is -0.915. The third-order valence-corrected chi connectivity index (χ3v) is 2.04. The second kappa shape index (κ2) is 2.99. The first kappa shape index (κ1) is 6.77. The molecule has 0 N–H and O–H groups in total. The van der Waals surface area contributed by atoms with E-state index in [2.05, 4.69) is 42.6 Å². The van der Waals surface area contributed by atoms with E-state index in [1.165, 1.54) is 25.0 Å². The average molecular weight is 144 g/mol. The summed E-state index contributed by atoms with van der Waals surface area (Å²) in [5.41, 5.74) is 1.32. The van der Waals surface area contributed by atoms with Gasteiger partial charge in [-0.05, 0) is 18.6 Å². The van der Waals surface area contributed by atoms with Gasteiger partial charge in [0.1, 0.15) is 0 Å². The molecule has 2 heteroatoms. The van der Waals surface area contributed by atoms with Gasteiger partial charge >= 0.3 is 0 Å². The Labute approximate surface area is 68.3 Å². The summed E-state index contributed by atoms with van der Waals surface area (Å²) in [6.07, 6.45) is 2.53. The highest BCUT2D eigenvalue weighted by atomic mass is 15.1. The van der Waals surface area contributed by atoms with Gasteiger partial charge in [-0.15, -0.1) is 0 Å². The summed E-state index contributed by atoms with van der Waals surface area (Å²) >= 11 is 0. The summed E-state index contributed by atoms with van der Waals surface area (Å²) in [6.45, 7) is 1.18. The van der Waals surface area contributed by atoms with Crippen LogP contribution in [0.1, 0.15) is 6.42 Å². The van der Waals surface area contributed by atoms with Gasteiger partial charge in [0.15, 0.2) is 0 Å². The van der Waals surface area contributed by atoms with Gasteiger partial charge in [0.25, 0.3) is 0 Å². The lowest BCUT2D eigenvalue weighted by atomic mass is 9.90. The number of rotatable bonds is 1. The summed E-state index contributed by atoms with van der Waals surface area (Å²) in [6, 6.07) is 10.5. The molecule has 1 aliphatic heterocycles. The lowest BCUT2D eigenvalue weighted by molar-refractivity contribution is 0.982. The highest BCUT2D eigenvalue weighted by Gasteiger charge is 2.12. The minimum atomic E-state index is 1.18. The summed E-state index contributed by atoms with van der Waals surface area (Å²) in [7, 11) is 2.27. The molecule has 0 amide bonds. The Bertz CT molecular complexity index is 216. The fourth-order valence-corrected chi connectivity index (χ4v) is 1.45. The van der Waals surface area contributed by atoms with Crippen molar-refractivity contribution in [1.29, 1.82) is 0 Å². The fourth-order valence-electron chi connectivity index (χ4n) is 1.45. The molecule has 0 unspecified atom stereocenters. The van der Waals surface area contributed by atoms with Crippen LogP contribution in [-0.4, -0.2) is 14.0 Å². The maximum atomic E-state index is 2.32. The molecule has 1 heterocycles. The van der Waals surface area contributed by atoms with Gasteiger partial charge in [-0.2, -0.15) is 0 Å². The molecule has 11 heavy (non-hydrogen) atoms. The Morgan fingerprint density at radius 2 is 2.00 bits per heavy atom. The number of nitrogens with zero attached hydrogens (tertiary/aromatic N) is 1. The van der Waals surface area contributed by atoms with Crippen LogP contribution >= 0.6 is 0 Å². The molecule has 0 bridgehead atoms. The van der Waals surface area contributed by atoms with Crippen LogP contribution < -0.4 is 4.81 Å². The zero-order valence-corrected chi connectivity index (χ0v) is 6.53. The van der Waals surface area contributed by atoms with Crippen LogP contribution in [0.15, 0.2) is 30.3 Å². The lowest BCUT2D eigenvalue weighted by Crippen LogP contribution is -2.20. The van der Waals surface area contributed by atoms with Gasteiger partial charge < -0.3 is 4.81 Å². The highest BCUT2D eigenvalue weighted by Crippen LogP contribution is 2.17. The normalized spacial score (nSPS) is 16.5. The molecule has 1 aromatic rings. The van der Waals surface area contributed by atoms with E-state index in [9.17, 15) is 0 Å². The molecule has 0 aromatic heterocycles. The predicted molar refractivity (Wildman–Crippen MR) is 49.0 cm³/mol. The van der Waals surface area contributed by atoms with Gasteiger partial charge in [0.05, 0.1) is 0 Å². The second-order valence-corrected chi connectivity index (χ2v) is 2.85. The molecule has 1 aliphatic rings. The Balaban J connectivity index is 2.16. The van der Waals surface area contributed by atoms with E-state index in [1.54, 1.807) is 0 Å². The van der Waals surface area contributed by atoms with E-state index in [-0.39, 0.29) is 0 Å². The van der Waals surface area contributed by atoms with E-state index < -0.39 is 0 Å². The van der Waals surface area contributed by atoms with Crippen LogP contribution in [0.25, 0.3) is 0 Å². The number of hydrogen-bond acceptors (Lipinski definition) is 1. The molecule has 55 valence electrons. The van der Waals surface area contributed by atoms with Crippen molar-refractivity contribution in [3.05, 3.63) is 30.3 Å². The van der Waals surface area contributed by atoms with Crippen LogP contribution in [0.2, 0.25) is 6.32 Å². The van der Waals surface area contributed by atoms with Crippen molar-refractivity contribution in [2.24, 2.45) is 0 Å². The van der Waals surface area contributed by atoms with Gasteiger partial charge in [-0.25, -0.2) is 0 Å². The number of benzene rings is 1. The molecule has 1 fully saturated rings. The summed E-state index contributed by atoms with van der Waals surface area (Å²) in [4.78, 5) is 2.32. The first-order chi connectivity index (χ1) is 5.47. The molecule has 1 aromatic carbocycles. The Kier molecular flexibility index (Phi) is 1.84. The van der Waals surface area contributed by atoms with Crippen molar-refractivity contribution >= 4 is 13.1 Å². The smallest absolute Gasteiger partial charge is 0.246 e. The van der Waals surface area contributed by atoms with Crippen molar-refractivity contribution < 1.29 is 0 Å². The molecule has 1 nitrogen and oxygen atoms in total. The SMILES string of the molecule is [B]1CCCN1c1ccccc1. The third-order valence-electron chi connectivity index (χ3n) is 2.04. The lowest BCUT2D eigenvalue weighted by Gasteiger charge is -2.16. The second-order valence-electron chi connectivity index (χ2n) is 2.85. The van der Waals surface area contributed by atoms with Crippen LogP contribution in [0.4, 0.5) is 5.69 Å². The first-order valence-corrected chi connectivity index (χ1v) is 4.12. The summed E-state index contributed by atoms with van der Waals surface area (Å²) in [5, 5.41) is 0. The van der Waals surface area contributed by atoms with Crippen LogP contribution in [0.3, 0.4) is 0 Å². The number of para-hydroxylation sites is 1. The zero-order chi connectivity index (χ0) is 7.52. The van der Waals surface area contributed by atoms with E-state index in [0.29, 0.717) is 0 Å². The van der Waals surface area contributed by atoms with Gasteiger partial charge in [-0.3, -0.25) is 0 Å². The summed E-state index contributed by atoms with van der Waals surface area (Å²) < 4.78 is 0. The van der Waals surface area contributed by atoms with E-state index in [1.807, 2.05) is 0 Å². The molecular weight excluding hydrogens is 133 g/mol. The van der Waals surface area contributed by atoms with Crippen molar-refractivity contribution in [2.75, 3.05) is 11.4 Å². The standard InChI is InChI=1S/C9H11BN/c1-2-5-9(6-3-1)11-8-4-7-10-11/h1-3,5-6H,4,7-8H2. The largest absolute Gasteiger partial charge is 0.419 e. The van der Waals surface area contributed by atoms with Crippen molar-refractivity contribution in [3.63, 3.8) is 0 Å². The quantitative estimate of drug-likeness (QED) is 0.544. The first-order valence-electron chi connectivity index (χ1n) is 4.12. The molecule has 0 atom stereocenters. The van der Waals surface area contributed by atoms with E-state index >= 15 is 0 Å².